The molecule has 0 aliphatic carbocycles. The van der Waals surface area contributed by atoms with Crippen LogP contribution in [0.1, 0.15) is 31.2 Å². The van der Waals surface area contributed by atoms with Crippen LogP contribution in [0.15, 0.2) is 36.5 Å². The van der Waals surface area contributed by atoms with Gasteiger partial charge in [0.25, 0.3) is 0 Å². The Morgan fingerprint density at radius 3 is 3.14 bits per heavy atom. The Morgan fingerprint density at radius 1 is 1.29 bits per heavy atom. The molecule has 2 aromatic rings. The molecule has 1 saturated heterocycles. The number of nitrogens with one attached hydrogen (secondary N) is 1. The van der Waals surface area contributed by atoms with Gasteiger partial charge in [0, 0.05) is 24.2 Å². The van der Waals surface area contributed by atoms with E-state index < -0.39 is 0 Å². The van der Waals surface area contributed by atoms with Crippen molar-refractivity contribution >= 4 is 10.9 Å². The van der Waals surface area contributed by atoms with E-state index in [4.69, 9.17) is 0 Å². The topological polar surface area (TPSA) is 28.2 Å². The number of fused-ring (bicyclic) bond motifs is 1. The van der Waals surface area contributed by atoms with Gasteiger partial charge in [0.05, 0.1) is 5.52 Å². The molecule has 1 aromatic heterocycles. The summed E-state index contributed by atoms with van der Waals surface area (Å²) in [5.74, 6) is 0. The first-order valence-electron chi connectivity index (χ1n) is 8.09. The van der Waals surface area contributed by atoms with Crippen molar-refractivity contribution in [3.05, 3.63) is 42.1 Å². The summed E-state index contributed by atoms with van der Waals surface area (Å²) in [6.45, 7) is 3.42. The van der Waals surface area contributed by atoms with Crippen molar-refractivity contribution in [3.8, 4) is 0 Å². The third-order valence-corrected chi connectivity index (χ3v) is 4.53. The minimum Gasteiger partial charge on any atom is -0.320 e. The molecule has 1 fully saturated rings. The van der Waals surface area contributed by atoms with Crippen molar-refractivity contribution in [1.29, 1.82) is 0 Å². The van der Waals surface area contributed by atoms with Crippen LogP contribution in [0.25, 0.3) is 10.9 Å². The Balaban J connectivity index is 1.72. The van der Waals surface area contributed by atoms with E-state index in [1.165, 1.54) is 43.2 Å². The van der Waals surface area contributed by atoms with Crippen molar-refractivity contribution in [2.45, 2.75) is 38.3 Å². The molecule has 1 unspecified atom stereocenters. The number of aromatic nitrogens is 1. The zero-order valence-electron chi connectivity index (χ0n) is 12.9. The van der Waals surface area contributed by atoms with Gasteiger partial charge in [0.1, 0.15) is 0 Å². The van der Waals surface area contributed by atoms with Crippen LogP contribution in [0, 0.1) is 0 Å². The molecule has 1 atom stereocenters. The van der Waals surface area contributed by atoms with E-state index in [0.29, 0.717) is 0 Å². The van der Waals surface area contributed by atoms with E-state index in [9.17, 15) is 0 Å². The molecule has 3 rings (SSSR count). The fourth-order valence-electron chi connectivity index (χ4n) is 3.36. The molecule has 0 saturated carbocycles. The Labute approximate surface area is 127 Å². The highest BCUT2D eigenvalue weighted by Crippen LogP contribution is 2.23. The summed E-state index contributed by atoms with van der Waals surface area (Å²) < 4.78 is 0. The predicted molar refractivity (Wildman–Crippen MR) is 88.3 cm³/mol. The third-order valence-electron chi connectivity index (χ3n) is 4.53. The van der Waals surface area contributed by atoms with Gasteiger partial charge in [-0.1, -0.05) is 18.6 Å². The fraction of sp³-hybridized carbons (Fsp3) is 0.500. The van der Waals surface area contributed by atoms with Gasteiger partial charge >= 0.3 is 0 Å². The van der Waals surface area contributed by atoms with Crippen molar-refractivity contribution in [2.75, 3.05) is 20.1 Å². The third kappa shape index (κ3) is 3.60. The van der Waals surface area contributed by atoms with E-state index >= 15 is 0 Å². The lowest BCUT2D eigenvalue weighted by molar-refractivity contribution is 0.132. The lowest BCUT2D eigenvalue weighted by atomic mass is 9.98. The Kier molecular flexibility index (Phi) is 4.84. The van der Waals surface area contributed by atoms with Crippen molar-refractivity contribution in [1.82, 2.24) is 15.2 Å². The van der Waals surface area contributed by atoms with Crippen LogP contribution in [-0.4, -0.2) is 36.1 Å². The van der Waals surface area contributed by atoms with Gasteiger partial charge in [-0.3, -0.25) is 9.88 Å². The van der Waals surface area contributed by atoms with Gasteiger partial charge < -0.3 is 5.32 Å². The number of piperidine rings is 1. The highest BCUT2D eigenvalue weighted by atomic mass is 15.2. The summed E-state index contributed by atoms with van der Waals surface area (Å²) >= 11 is 0. The van der Waals surface area contributed by atoms with Crippen LogP contribution in [0.4, 0.5) is 0 Å². The Hall–Kier alpha value is -1.45. The van der Waals surface area contributed by atoms with Crippen LogP contribution in [-0.2, 0) is 6.54 Å². The minimum absolute atomic E-state index is 0.732. The quantitative estimate of drug-likeness (QED) is 0.913. The van der Waals surface area contributed by atoms with Crippen LogP contribution in [0.2, 0.25) is 0 Å². The monoisotopic (exact) mass is 283 g/mol. The zero-order chi connectivity index (χ0) is 14.5. The molecule has 0 bridgehead atoms. The molecule has 21 heavy (non-hydrogen) atoms. The van der Waals surface area contributed by atoms with Gasteiger partial charge in [-0.05, 0) is 63.2 Å². The molecule has 0 spiro atoms. The van der Waals surface area contributed by atoms with Crippen LogP contribution < -0.4 is 5.32 Å². The summed E-state index contributed by atoms with van der Waals surface area (Å²) in [5, 5.41) is 4.54. The maximum atomic E-state index is 4.40. The van der Waals surface area contributed by atoms with Gasteiger partial charge in [0.15, 0.2) is 0 Å². The highest BCUT2D eigenvalue weighted by Gasteiger charge is 2.21. The first kappa shape index (κ1) is 14.5. The van der Waals surface area contributed by atoms with Gasteiger partial charge in [0.2, 0.25) is 0 Å². The van der Waals surface area contributed by atoms with Gasteiger partial charge in [-0.25, -0.2) is 0 Å². The lowest BCUT2D eigenvalue weighted by Crippen LogP contribution is -2.40. The van der Waals surface area contributed by atoms with Gasteiger partial charge in [-0.15, -0.1) is 0 Å². The van der Waals surface area contributed by atoms with E-state index in [2.05, 4.69) is 39.5 Å². The number of hydrogen-bond acceptors (Lipinski definition) is 3. The average Bonchev–Trinajstić information content (AvgIpc) is 2.54. The van der Waals surface area contributed by atoms with Crippen LogP contribution >= 0.6 is 0 Å². The first-order chi connectivity index (χ1) is 10.4. The van der Waals surface area contributed by atoms with Crippen LogP contribution in [0.5, 0.6) is 0 Å². The number of likely N-dealkylation sites (tertiary alicyclic amines) is 1. The molecular weight excluding hydrogens is 258 g/mol. The summed E-state index contributed by atoms with van der Waals surface area (Å²) in [6, 6.07) is 11.6. The summed E-state index contributed by atoms with van der Waals surface area (Å²) in [4.78, 5) is 7.07. The molecule has 112 valence electrons. The highest BCUT2D eigenvalue weighted by molar-refractivity contribution is 5.78. The van der Waals surface area contributed by atoms with E-state index in [1.807, 2.05) is 19.3 Å². The molecule has 3 nitrogen and oxygen atoms in total. The van der Waals surface area contributed by atoms with Crippen molar-refractivity contribution < 1.29 is 0 Å². The number of nitrogens with zero attached hydrogens (tertiary/aromatic N) is 2. The standard InChI is InChI=1S/C18H25N3/c1-19-11-9-17-6-2-3-12-21(17)14-15-7-8-18-16(13-15)5-4-10-20-18/h4-5,7-8,10,13,17,19H,2-3,6,9,11-12,14H2,1H3. The van der Waals surface area contributed by atoms with E-state index in [-0.39, 0.29) is 0 Å². The lowest BCUT2D eigenvalue weighted by Gasteiger charge is -2.36. The zero-order valence-corrected chi connectivity index (χ0v) is 12.9. The SMILES string of the molecule is CNCCC1CCCCN1Cc1ccc2ncccc2c1. The number of pyridine rings is 1. The summed E-state index contributed by atoms with van der Waals surface area (Å²) in [5.41, 5.74) is 2.50. The first-order valence-corrected chi connectivity index (χ1v) is 8.09. The second-order valence-electron chi connectivity index (χ2n) is 6.04. The smallest absolute Gasteiger partial charge is 0.0702 e. The van der Waals surface area contributed by atoms with E-state index in [1.54, 1.807) is 0 Å². The second-order valence-corrected chi connectivity index (χ2v) is 6.04. The van der Waals surface area contributed by atoms with Crippen LogP contribution in [0.3, 0.4) is 0 Å². The van der Waals surface area contributed by atoms with Crippen molar-refractivity contribution in [3.63, 3.8) is 0 Å². The van der Waals surface area contributed by atoms with Crippen molar-refractivity contribution in [2.24, 2.45) is 0 Å². The Morgan fingerprint density at radius 2 is 2.24 bits per heavy atom. The number of benzene rings is 1. The maximum absolute atomic E-state index is 4.40. The largest absolute Gasteiger partial charge is 0.320 e. The molecular formula is C18H25N3. The van der Waals surface area contributed by atoms with Gasteiger partial charge in [-0.2, -0.15) is 0 Å². The molecule has 0 amide bonds. The maximum Gasteiger partial charge on any atom is 0.0702 e. The molecule has 1 aliphatic heterocycles. The molecule has 1 N–H and O–H groups in total. The normalized spacial score (nSPS) is 20.0. The molecule has 3 heteroatoms. The number of rotatable bonds is 5. The van der Waals surface area contributed by atoms with E-state index in [0.717, 1.165) is 24.6 Å². The predicted octanol–water partition coefficient (Wildman–Crippen LogP) is 3.20. The molecule has 1 aliphatic rings. The Bertz CT molecular complexity index is 581. The molecule has 0 radical (unpaired) electrons. The molecule has 2 heterocycles. The summed E-state index contributed by atoms with van der Waals surface area (Å²) in [7, 11) is 2.05. The number of hydrogen-bond donors (Lipinski definition) is 1. The summed E-state index contributed by atoms with van der Waals surface area (Å²) in [6.07, 6.45) is 7.18. The average molecular weight is 283 g/mol. The fourth-order valence-corrected chi connectivity index (χ4v) is 3.36. The second kappa shape index (κ2) is 7.01. The molecule has 1 aromatic carbocycles. The minimum atomic E-state index is 0.732.